The predicted molar refractivity (Wildman–Crippen MR) is 107 cm³/mol. The highest BCUT2D eigenvalue weighted by molar-refractivity contribution is 8.27. The molecule has 150 valence electrons. The standard InChI is InChI=1S/C19H12F3NO4S2/c20-19(21,22)12-2-1-3-13(9-12)23-17(26)15(29-18(23)28)8-11-4-6-14(7-5-11)27-10-16(24)25/h1-9H,10H2,(H,24,25)/b15-8-. The molecule has 0 aromatic heterocycles. The maximum Gasteiger partial charge on any atom is 0.416 e. The van der Waals surface area contributed by atoms with Crippen molar-refractivity contribution in [2.75, 3.05) is 11.5 Å². The molecule has 0 spiro atoms. The molecule has 1 saturated heterocycles. The zero-order valence-electron chi connectivity index (χ0n) is 14.5. The first-order chi connectivity index (χ1) is 13.6. The van der Waals surface area contributed by atoms with Crippen molar-refractivity contribution < 1.29 is 32.6 Å². The third kappa shape index (κ3) is 4.96. The van der Waals surface area contributed by atoms with Crippen LogP contribution >= 0.6 is 24.0 Å². The van der Waals surface area contributed by atoms with E-state index in [-0.39, 0.29) is 14.9 Å². The normalized spacial score (nSPS) is 15.8. The number of nitrogens with zero attached hydrogens (tertiary/aromatic N) is 1. The Hall–Kier alpha value is -2.85. The van der Waals surface area contributed by atoms with Gasteiger partial charge in [0, 0.05) is 0 Å². The Balaban J connectivity index is 1.81. The van der Waals surface area contributed by atoms with Crippen molar-refractivity contribution in [2.24, 2.45) is 0 Å². The predicted octanol–water partition coefficient (Wildman–Crippen LogP) is 4.57. The van der Waals surface area contributed by atoms with Gasteiger partial charge in [0.1, 0.15) is 5.75 Å². The second-order valence-electron chi connectivity index (χ2n) is 5.82. The van der Waals surface area contributed by atoms with Gasteiger partial charge in [-0.25, -0.2) is 4.79 Å². The lowest BCUT2D eigenvalue weighted by Crippen LogP contribution is -2.27. The van der Waals surface area contributed by atoms with E-state index in [1.165, 1.54) is 12.1 Å². The molecule has 0 atom stereocenters. The number of benzene rings is 2. The van der Waals surface area contributed by atoms with E-state index in [1.54, 1.807) is 30.3 Å². The average Bonchev–Trinajstić information content (AvgIpc) is 2.94. The van der Waals surface area contributed by atoms with Crippen LogP contribution in [-0.4, -0.2) is 27.9 Å². The molecule has 1 heterocycles. The van der Waals surface area contributed by atoms with Gasteiger partial charge in [-0.15, -0.1) is 0 Å². The number of hydrogen-bond donors (Lipinski definition) is 1. The lowest BCUT2D eigenvalue weighted by Gasteiger charge is -2.16. The summed E-state index contributed by atoms with van der Waals surface area (Å²) in [5, 5.41) is 8.60. The van der Waals surface area contributed by atoms with Crippen molar-refractivity contribution in [1.82, 2.24) is 0 Å². The Morgan fingerprint density at radius 1 is 1.21 bits per heavy atom. The second kappa shape index (κ2) is 8.26. The molecular weight excluding hydrogens is 427 g/mol. The topological polar surface area (TPSA) is 66.8 Å². The Kier molecular flexibility index (Phi) is 5.94. The average molecular weight is 439 g/mol. The Bertz CT molecular complexity index is 1000. The van der Waals surface area contributed by atoms with Crippen LogP contribution in [0.15, 0.2) is 53.4 Å². The van der Waals surface area contributed by atoms with E-state index in [0.717, 1.165) is 28.8 Å². The Labute approximate surface area is 172 Å². The summed E-state index contributed by atoms with van der Waals surface area (Å²) >= 11 is 6.16. The lowest BCUT2D eigenvalue weighted by molar-refractivity contribution is -0.139. The molecule has 1 aliphatic heterocycles. The number of thiocarbonyl (C=S) groups is 1. The van der Waals surface area contributed by atoms with Crippen molar-refractivity contribution in [3.63, 3.8) is 0 Å². The number of halogens is 3. The molecule has 2 aromatic rings. The highest BCUT2D eigenvalue weighted by Crippen LogP contribution is 2.38. The molecule has 0 saturated carbocycles. The van der Waals surface area contributed by atoms with Crippen molar-refractivity contribution in [2.45, 2.75) is 6.18 Å². The van der Waals surface area contributed by atoms with Crippen LogP contribution in [0, 0.1) is 0 Å². The third-order valence-electron chi connectivity index (χ3n) is 3.77. The number of aliphatic carboxylic acids is 1. The maximum absolute atomic E-state index is 12.9. The summed E-state index contributed by atoms with van der Waals surface area (Å²) in [7, 11) is 0. The quantitative estimate of drug-likeness (QED) is 0.544. The van der Waals surface area contributed by atoms with Gasteiger partial charge in [0.2, 0.25) is 0 Å². The molecule has 0 radical (unpaired) electrons. The Morgan fingerprint density at radius 3 is 2.52 bits per heavy atom. The van der Waals surface area contributed by atoms with Crippen molar-refractivity contribution in [1.29, 1.82) is 0 Å². The largest absolute Gasteiger partial charge is 0.482 e. The first-order valence-corrected chi connectivity index (χ1v) is 9.27. The first-order valence-electron chi connectivity index (χ1n) is 8.05. The number of thioether (sulfide) groups is 1. The van der Waals surface area contributed by atoms with E-state index < -0.39 is 30.2 Å². The molecule has 0 unspecified atom stereocenters. The van der Waals surface area contributed by atoms with Crippen LogP contribution in [0.1, 0.15) is 11.1 Å². The van der Waals surface area contributed by atoms with E-state index in [1.807, 2.05) is 0 Å². The number of carboxylic acid groups (broad SMARTS) is 1. The zero-order valence-corrected chi connectivity index (χ0v) is 16.1. The van der Waals surface area contributed by atoms with E-state index in [4.69, 9.17) is 22.1 Å². The highest BCUT2D eigenvalue weighted by Gasteiger charge is 2.36. The summed E-state index contributed by atoms with van der Waals surface area (Å²) in [6.45, 7) is -0.477. The van der Waals surface area contributed by atoms with E-state index in [2.05, 4.69) is 0 Å². The molecule has 1 aliphatic rings. The molecule has 29 heavy (non-hydrogen) atoms. The van der Waals surface area contributed by atoms with Crippen LogP contribution in [0.3, 0.4) is 0 Å². The van der Waals surface area contributed by atoms with Gasteiger partial charge < -0.3 is 9.84 Å². The fourth-order valence-electron chi connectivity index (χ4n) is 2.47. The minimum atomic E-state index is -4.53. The van der Waals surface area contributed by atoms with Gasteiger partial charge in [0.05, 0.1) is 16.2 Å². The van der Waals surface area contributed by atoms with Crippen molar-refractivity contribution >= 4 is 51.9 Å². The second-order valence-corrected chi connectivity index (χ2v) is 7.49. The minimum Gasteiger partial charge on any atom is -0.482 e. The number of rotatable bonds is 5. The Morgan fingerprint density at radius 2 is 1.90 bits per heavy atom. The van der Waals surface area contributed by atoms with Gasteiger partial charge in [-0.1, -0.05) is 42.2 Å². The number of carbonyl (C=O) groups is 2. The zero-order chi connectivity index (χ0) is 21.2. The molecule has 5 nitrogen and oxygen atoms in total. The smallest absolute Gasteiger partial charge is 0.416 e. The summed E-state index contributed by atoms with van der Waals surface area (Å²) < 4.78 is 44.0. The van der Waals surface area contributed by atoms with E-state index in [0.29, 0.717) is 11.3 Å². The number of hydrogen-bond acceptors (Lipinski definition) is 5. The summed E-state index contributed by atoms with van der Waals surface area (Å²) in [6, 6.07) is 10.7. The third-order valence-corrected chi connectivity index (χ3v) is 5.07. The van der Waals surface area contributed by atoms with Crippen LogP contribution in [0.2, 0.25) is 0 Å². The van der Waals surface area contributed by atoms with Crippen LogP contribution in [0.4, 0.5) is 18.9 Å². The van der Waals surface area contributed by atoms with Crippen LogP contribution < -0.4 is 9.64 Å². The van der Waals surface area contributed by atoms with Crippen molar-refractivity contribution in [3.8, 4) is 5.75 Å². The van der Waals surface area contributed by atoms with Gasteiger partial charge in [0.25, 0.3) is 5.91 Å². The first kappa shape index (κ1) is 20.9. The van der Waals surface area contributed by atoms with Gasteiger partial charge >= 0.3 is 12.1 Å². The molecule has 0 bridgehead atoms. The molecule has 1 N–H and O–H groups in total. The fraction of sp³-hybridized carbons (Fsp3) is 0.105. The highest BCUT2D eigenvalue weighted by atomic mass is 32.2. The lowest BCUT2D eigenvalue weighted by atomic mass is 10.1. The minimum absolute atomic E-state index is 0.0446. The molecule has 0 aliphatic carbocycles. The van der Waals surface area contributed by atoms with Crippen LogP contribution in [0.25, 0.3) is 6.08 Å². The van der Waals surface area contributed by atoms with Crippen molar-refractivity contribution in [3.05, 3.63) is 64.6 Å². The molecule has 10 heteroatoms. The van der Waals surface area contributed by atoms with Gasteiger partial charge in [-0.05, 0) is 42.0 Å². The number of carboxylic acids is 1. The van der Waals surface area contributed by atoms with E-state index in [9.17, 15) is 22.8 Å². The number of ether oxygens (including phenoxy) is 1. The van der Waals surface area contributed by atoms with E-state index >= 15 is 0 Å². The molecule has 2 aromatic carbocycles. The number of alkyl halides is 3. The number of anilines is 1. The maximum atomic E-state index is 12.9. The number of carbonyl (C=O) groups excluding carboxylic acids is 1. The summed E-state index contributed by atoms with van der Waals surface area (Å²) in [6.07, 6.45) is -2.98. The van der Waals surface area contributed by atoms with Gasteiger partial charge in [-0.3, -0.25) is 9.69 Å². The van der Waals surface area contributed by atoms with Gasteiger partial charge in [-0.2, -0.15) is 13.2 Å². The molecule has 1 amide bonds. The molecular formula is C19H12F3NO4S2. The van der Waals surface area contributed by atoms with Crippen LogP contribution in [-0.2, 0) is 15.8 Å². The summed E-state index contributed by atoms with van der Waals surface area (Å²) in [5.41, 5.74) is -0.203. The number of amides is 1. The SMILES string of the molecule is O=C(O)COc1ccc(/C=C2\SC(=S)N(c3cccc(C(F)(F)F)c3)C2=O)cc1. The monoisotopic (exact) mass is 439 g/mol. The summed E-state index contributed by atoms with van der Waals surface area (Å²) in [5.74, 6) is -1.28. The van der Waals surface area contributed by atoms with Crippen LogP contribution in [0.5, 0.6) is 5.75 Å². The van der Waals surface area contributed by atoms with Gasteiger partial charge in [0.15, 0.2) is 10.9 Å². The fourth-order valence-corrected chi connectivity index (χ4v) is 3.77. The summed E-state index contributed by atoms with van der Waals surface area (Å²) in [4.78, 5) is 24.5. The molecule has 3 rings (SSSR count). The molecule has 1 fully saturated rings.